The molecule has 66 heavy (non-hydrogen) atoms. The van der Waals surface area contributed by atoms with Crippen molar-refractivity contribution < 1.29 is 38.2 Å². The average molecular weight is 921 g/mol. The van der Waals surface area contributed by atoms with Gasteiger partial charge in [0.15, 0.2) is 12.1 Å². The first-order valence-electron chi connectivity index (χ1n) is 26.3. The number of likely N-dealkylation sites (N-methyl/N-ethyl adjacent to an activating group) is 1. The van der Waals surface area contributed by atoms with E-state index in [4.69, 9.17) is 14.2 Å². The molecule has 0 aromatic carbocycles. The van der Waals surface area contributed by atoms with E-state index in [0.29, 0.717) is 19.3 Å². The standard InChI is InChI=1S/C58H97NO7/c1-6-8-10-12-14-16-18-20-22-24-26-28-29-31-33-35-37-39-41-43-45-47-49-57(61)66-54(52-64-51-50-55(58(62)63)59(3,4)5)53-65-56(60)48-46-44-42-40-38-36-34-32-30-27-25-23-21-19-17-15-13-11-9-7-2/h8-11,14-17,20-23,26-28,30,54-55H,6-7,12-13,18-19,24-25,29,31-53H2,1-5H3/p+1/b10-8+,11-9+,16-14+,17-15+,22-20+,23-21+,28-26+,30-27+. The number of carbonyl (C=O) groups excluding carboxylic acids is 2. The van der Waals surface area contributed by atoms with Crippen LogP contribution in [0.5, 0.6) is 0 Å². The zero-order valence-corrected chi connectivity index (χ0v) is 42.9. The van der Waals surface area contributed by atoms with Gasteiger partial charge in [0.2, 0.25) is 0 Å². The first-order valence-corrected chi connectivity index (χ1v) is 26.3. The first-order chi connectivity index (χ1) is 32.1. The quantitative estimate of drug-likeness (QED) is 0.0281. The second-order valence-electron chi connectivity index (χ2n) is 18.4. The maximum absolute atomic E-state index is 12.8. The molecule has 0 aliphatic rings. The number of carboxylic acid groups (broad SMARTS) is 1. The van der Waals surface area contributed by atoms with Crippen molar-refractivity contribution in [1.29, 1.82) is 0 Å². The highest BCUT2D eigenvalue weighted by Gasteiger charge is 2.31. The van der Waals surface area contributed by atoms with Crippen molar-refractivity contribution in [3.63, 3.8) is 0 Å². The molecule has 2 unspecified atom stereocenters. The minimum atomic E-state index is -0.880. The number of hydrogen-bond donors (Lipinski definition) is 1. The molecule has 0 fully saturated rings. The molecule has 0 rings (SSSR count). The number of carboxylic acids is 1. The van der Waals surface area contributed by atoms with Gasteiger partial charge < -0.3 is 23.8 Å². The summed E-state index contributed by atoms with van der Waals surface area (Å²) < 4.78 is 17.4. The molecule has 0 bridgehead atoms. The van der Waals surface area contributed by atoms with E-state index in [2.05, 4.69) is 111 Å². The second-order valence-corrected chi connectivity index (χ2v) is 18.4. The van der Waals surface area contributed by atoms with Gasteiger partial charge in [0.25, 0.3) is 0 Å². The van der Waals surface area contributed by atoms with Gasteiger partial charge in [-0.05, 0) is 89.9 Å². The highest BCUT2D eigenvalue weighted by Crippen LogP contribution is 2.15. The van der Waals surface area contributed by atoms with Crippen molar-refractivity contribution in [2.24, 2.45) is 0 Å². The number of unbranched alkanes of at least 4 members (excludes halogenated alkanes) is 16. The van der Waals surface area contributed by atoms with Crippen LogP contribution in [0.2, 0.25) is 0 Å². The Morgan fingerprint density at radius 2 is 0.803 bits per heavy atom. The Morgan fingerprint density at radius 3 is 1.18 bits per heavy atom. The van der Waals surface area contributed by atoms with E-state index in [1.54, 1.807) is 0 Å². The van der Waals surface area contributed by atoms with Crippen molar-refractivity contribution in [2.75, 3.05) is 41.0 Å². The maximum atomic E-state index is 12.8. The Kier molecular flexibility index (Phi) is 45.0. The molecule has 376 valence electrons. The Morgan fingerprint density at radius 1 is 0.455 bits per heavy atom. The summed E-state index contributed by atoms with van der Waals surface area (Å²) in [6.07, 6.45) is 64.5. The van der Waals surface area contributed by atoms with Gasteiger partial charge in [-0.15, -0.1) is 0 Å². The molecule has 0 saturated heterocycles. The third-order valence-electron chi connectivity index (χ3n) is 11.2. The van der Waals surface area contributed by atoms with Gasteiger partial charge in [0.1, 0.15) is 6.61 Å². The number of nitrogens with zero attached hydrogens (tertiary/aromatic N) is 1. The smallest absolute Gasteiger partial charge is 0.362 e. The summed E-state index contributed by atoms with van der Waals surface area (Å²) in [6, 6.07) is -0.624. The number of aliphatic carboxylic acids is 1. The SMILES string of the molecule is CC/C=C/C/C=C/C/C=C/C/C=C/CCCCCCCCCCCC(=O)OC(COCCC(C(=O)O)[N+](C)(C)C)COC(=O)CCCCCCCCC/C=C/C/C=C/C/C=C/C/C=C/CC. The Labute approximate surface area is 405 Å². The average Bonchev–Trinajstić information content (AvgIpc) is 3.28. The normalized spacial score (nSPS) is 13.7. The van der Waals surface area contributed by atoms with Crippen LogP contribution in [0.25, 0.3) is 0 Å². The number of quaternary nitrogens is 1. The van der Waals surface area contributed by atoms with E-state index in [-0.39, 0.29) is 36.2 Å². The summed E-state index contributed by atoms with van der Waals surface area (Å²) in [6.45, 7) is 4.50. The molecule has 0 aromatic rings. The lowest BCUT2D eigenvalue weighted by atomic mass is 10.1. The van der Waals surface area contributed by atoms with Crippen LogP contribution in [-0.2, 0) is 28.6 Å². The van der Waals surface area contributed by atoms with Crippen LogP contribution in [-0.4, -0.2) is 80.6 Å². The molecule has 1 N–H and O–H groups in total. The van der Waals surface area contributed by atoms with Gasteiger partial charge in [-0.25, -0.2) is 4.79 Å². The van der Waals surface area contributed by atoms with Crippen LogP contribution < -0.4 is 0 Å². The largest absolute Gasteiger partial charge is 0.477 e. The predicted octanol–water partition coefficient (Wildman–Crippen LogP) is 15.4. The molecule has 0 aromatic heterocycles. The van der Waals surface area contributed by atoms with Crippen molar-refractivity contribution in [3.05, 3.63) is 97.2 Å². The van der Waals surface area contributed by atoms with Gasteiger partial charge in [-0.3, -0.25) is 9.59 Å². The number of allylic oxidation sites excluding steroid dienone is 16. The summed E-state index contributed by atoms with van der Waals surface area (Å²) in [5.74, 6) is -1.49. The summed E-state index contributed by atoms with van der Waals surface area (Å²) in [7, 11) is 5.52. The molecule has 0 amide bonds. The molecule has 8 heteroatoms. The second kappa shape index (κ2) is 47.7. The minimum Gasteiger partial charge on any atom is -0.477 e. The summed E-state index contributed by atoms with van der Waals surface area (Å²) >= 11 is 0. The van der Waals surface area contributed by atoms with Gasteiger partial charge in [0.05, 0.1) is 34.4 Å². The highest BCUT2D eigenvalue weighted by molar-refractivity contribution is 5.72. The lowest BCUT2D eigenvalue weighted by molar-refractivity contribution is -0.887. The topological polar surface area (TPSA) is 99.1 Å². The first kappa shape index (κ1) is 62.2. The van der Waals surface area contributed by atoms with Crippen molar-refractivity contribution in [1.82, 2.24) is 0 Å². The van der Waals surface area contributed by atoms with Gasteiger partial charge >= 0.3 is 17.9 Å². The highest BCUT2D eigenvalue weighted by atomic mass is 16.6. The number of ether oxygens (including phenoxy) is 3. The lowest BCUT2D eigenvalue weighted by Gasteiger charge is -2.31. The summed E-state index contributed by atoms with van der Waals surface area (Å²) in [5, 5.41) is 9.66. The number of carbonyl (C=O) groups is 3. The molecule has 2 atom stereocenters. The molecular formula is C58H98NO7+. The van der Waals surface area contributed by atoms with Gasteiger partial charge in [0, 0.05) is 19.3 Å². The van der Waals surface area contributed by atoms with E-state index in [9.17, 15) is 19.5 Å². The van der Waals surface area contributed by atoms with E-state index in [0.717, 1.165) is 103 Å². The van der Waals surface area contributed by atoms with Crippen molar-refractivity contribution >= 4 is 17.9 Å². The third kappa shape index (κ3) is 45.4. The van der Waals surface area contributed by atoms with Gasteiger partial charge in [-0.1, -0.05) is 188 Å². The Balaban J connectivity index is 4.28. The van der Waals surface area contributed by atoms with Crippen LogP contribution in [0.1, 0.15) is 200 Å². The van der Waals surface area contributed by atoms with Crippen molar-refractivity contribution in [3.8, 4) is 0 Å². The van der Waals surface area contributed by atoms with E-state index < -0.39 is 18.1 Å². The third-order valence-corrected chi connectivity index (χ3v) is 11.2. The van der Waals surface area contributed by atoms with E-state index >= 15 is 0 Å². The van der Waals surface area contributed by atoms with E-state index in [1.165, 1.54) is 64.2 Å². The molecular weight excluding hydrogens is 823 g/mol. The van der Waals surface area contributed by atoms with Gasteiger partial charge in [-0.2, -0.15) is 0 Å². The Bertz CT molecular complexity index is 1400. The number of hydrogen-bond acceptors (Lipinski definition) is 6. The molecule has 0 aliphatic heterocycles. The monoisotopic (exact) mass is 921 g/mol. The van der Waals surface area contributed by atoms with E-state index in [1.807, 2.05) is 21.1 Å². The fourth-order valence-electron chi connectivity index (χ4n) is 7.25. The number of esters is 2. The molecule has 0 heterocycles. The van der Waals surface area contributed by atoms with Crippen LogP contribution in [0.3, 0.4) is 0 Å². The fourth-order valence-corrected chi connectivity index (χ4v) is 7.25. The summed E-state index contributed by atoms with van der Waals surface area (Å²) in [4.78, 5) is 37.2. The van der Waals surface area contributed by atoms with Crippen molar-refractivity contribution in [2.45, 2.75) is 212 Å². The fraction of sp³-hybridized carbons (Fsp3) is 0.672. The van der Waals surface area contributed by atoms with Crippen LogP contribution in [0.4, 0.5) is 0 Å². The van der Waals surface area contributed by atoms with Crippen LogP contribution in [0, 0.1) is 0 Å². The molecule has 0 radical (unpaired) electrons. The molecule has 8 nitrogen and oxygen atoms in total. The zero-order valence-electron chi connectivity index (χ0n) is 42.9. The maximum Gasteiger partial charge on any atom is 0.362 e. The predicted molar refractivity (Wildman–Crippen MR) is 279 cm³/mol. The molecule has 0 saturated carbocycles. The van der Waals surface area contributed by atoms with Crippen LogP contribution in [0.15, 0.2) is 97.2 Å². The minimum absolute atomic E-state index is 0.0498. The lowest BCUT2D eigenvalue weighted by Crippen LogP contribution is -2.50. The molecule has 0 spiro atoms. The van der Waals surface area contributed by atoms with Crippen LogP contribution >= 0.6 is 0 Å². The summed E-state index contributed by atoms with van der Waals surface area (Å²) in [5.41, 5.74) is 0. The number of rotatable bonds is 46. The molecule has 0 aliphatic carbocycles. The Hall–Kier alpha value is -3.75. The zero-order chi connectivity index (χ0) is 48.4.